The minimum Gasteiger partial charge on any atom is -0.393 e. The molecule has 1 aromatic rings. The number of fused-ring (bicyclic) bond motifs is 1. The molecule has 0 bridgehead atoms. The van der Waals surface area contributed by atoms with E-state index in [-0.39, 0.29) is 18.1 Å². The molecule has 0 radical (unpaired) electrons. The third-order valence-corrected chi connectivity index (χ3v) is 4.43. The zero-order valence-corrected chi connectivity index (χ0v) is 11.5. The van der Waals surface area contributed by atoms with E-state index in [1.54, 1.807) is 4.90 Å². The molecule has 3 rings (SSSR count). The highest BCUT2D eigenvalue weighted by Crippen LogP contribution is 2.38. The molecular formula is C16H18N2O2. The van der Waals surface area contributed by atoms with Crippen LogP contribution < -0.4 is 0 Å². The quantitative estimate of drug-likeness (QED) is 0.851. The maximum absolute atomic E-state index is 12.6. The van der Waals surface area contributed by atoms with Crippen LogP contribution in [-0.2, 0) is 0 Å². The topological polar surface area (TPSA) is 64.3 Å². The van der Waals surface area contributed by atoms with Crippen LogP contribution in [0.5, 0.6) is 0 Å². The lowest BCUT2D eigenvalue weighted by atomic mass is 9.91. The van der Waals surface area contributed by atoms with E-state index >= 15 is 0 Å². The number of carbonyl (C=O) groups is 1. The number of amides is 1. The van der Waals surface area contributed by atoms with Gasteiger partial charge < -0.3 is 10.0 Å². The van der Waals surface area contributed by atoms with Crippen molar-refractivity contribution in [3.63, 3.8) is 0 Å². The molecule has 1 amide bonds. The fourth-order valence-electron chi connectivity index (χ4n) is 3.35. The summed E-state index contributed by atoms with van der Waals surface area (Å²) in [6, 6.07) is 7.56. The van der Waals surface area contributed by atoms with Crippen LogP contribution in [0.15, 0.2) is 18.2 Å². The number of aryl methyl sites for hydroxylation is 1. The van der Waals surface area contributed by atoms with E-state index in [4.69, 9.17) is 0 Å². The normalized spacial score (nSPS) is 29.1. The van der Waals surface area contributed by atoms with Gasteiger partial charge in [-0.1, -0.05) is 17.7 Å². The van der Waals surface area contributed by atoms with Gasteiger partial charge in [0.25, 0.3) is 5.91 Å². The van der Waals surface area contributed by atoms with Gasteiger partial charge in [-0.15, -0.1) is 0 Å². The monoisotopic (exact) mass is 270 g/mol. The van der Waals surface area contributed by atoms with Crippen molar-refractivity contribution >= 4 is 5.91 Å². The van der Waals surface area contributed by atoms with Gasteiger partial charge in [-0.25, -0.2) is 0 Å². The Morgan fingerprint density at radius 1 is 1.30 bits per heavy atom. The molecule has 20 heavy (non-hydrogen) atoms. The number of nitrogens with zero attached hydrogens (tertiary/aromatic N) is 2. The van der Waals surface area contributed by atoms with E-state index < -0.39 is 6.04 Å². The number of carbonyl (C=O) groups excluding carboxylic acids is 1. The van der Waals surface area contributed by atoms with Crippen LogP contribution in [0, 0.1) is 18.3 Å². The summed E-state index contributed by atoms with van der Waals surface area (Å²) < 4.78 is 0. The minimum atomic E-state index is -0.474. The molecule has 1 atom stereocenters. The Hall–Kier alpha value is -1.86. The van der Waals surface area contributed by atoms with E-state index in [0.717, 1.165) is 24.0 Å². The lowest BCUT2D eigenvalue weighted by molar-refractivity contribution is 0.0479. The number of aliphatic hydroxyl groups is 1. The summed E-state index contributed by atoms with van der Waals surface area (Å²) in [5.74, 6) is -0.0343. The summed E-state index contributed by atoms with van der Waals surface area (Å²) in [7, 11) is 0. The fraction of sp³-hybridized carbons (Fsp3) is 0.500. The van der Waals surface area contributed by atoms with Gasteiger partial charge in [0.05, 0.1) is 12.2 Å². The van der Waals surface area contributed by atoms with Gasteiger partial charge in [0, 0.05) is 17.2 Å². The van der Waals surface area contributed by atoms with Crippen LogP contribution in [0.25, 0.3) is 0 Å². The highest BCUT2D eigenvalue weighted by Gasteiger charge is 2.41. The largest absolute Gasteiger partial charge is 0.393 e. The van der Waals surface area contributed by atoms with Gasteiger partial charge in [0.1, 0.15) is 6.04 Å². The zero-order chi connectivity index (χ0) is 14.3. The molecule has 1 fully saturated rings. The maximum atomic E-state index is 12.6. The second-order valence-electron chi connectivity index (χ2n) is 5.80. The van der Waals surface area contributed by atoms with E-state index in [1.165, 1.54) is 0 Å². The molecule has 104 valence electrons. The summed E-state index contributed by atoms with van der Waals surface area (Å²) in [6.45, 7) is 1.97. The van der Waals surface area contributed by atoms with E-state index in [0.29, 0.717) is 18.4 Å². The van der Waals surface area contributed by atoms with Crippen LogP contribution in [0.1, 0.15) is 53.2 Å². The predicted octanol–water partition coefficient (Wildman–Crippen LogP) is 2.32. The first-order valence-corrected chi connectivity index (χ1v) is 7.12. The minimum absolute atomic E-state index is 0.0343. The van der Waals surface area contributed by atoms with Gasteiger partial charge >= 0.3 is 0 Å². The summed E-state index contributed by atoms with van der Waals surface area (Å²) in [5.41, 5.74) is 2.56. The van der Waals surface area contributed by atoms with Crippen LogP contribution in [0.3, 0.4) is 0 Å². The Morgan fingerprint density at radius 3 is 2.65 bits per heavy atom. The lowest BCUT2D eigenvalue weighted by Crippen LogP contribution is -2.41. The highest BCUT2D eigenvalue weighted by molar-refractivity contribution is 6.00. The Balaban J connectivity index is 1.94. The molecule has 1 aliphatic heterocycles. The van der Waals surface area contributed by atoms with Gasteiger partial charge in [-0.3, -0.25) is 4.79 Å². The van der Waals surface area contributed by atoms with Crippen LogP contribution in [-0.4, -0.2) is 28.1 Å². The Bertz CT molecular complexity index is 583. The van der Waals surface area contributed by atoms with Crippen LogP contribution in [0.2, 0.25) is 0 Å². The third-order valence-electron chi connectivity index (χ3n) is 4.43. The van der Waals surface area contributed by atoms with Crippen molar-refractivity contribution in [3.8, 4) is 6.07 Å². The van der Waals surface area contributed by atoms with Crippen molar-refractivity contribution in [2.45, 2.75) is 50.8 Å². The molecule has 4 nitrogen and oxygen atoms in total. The van der Waals surface area contributed by atoms with Crippen molar-refractivity contribution < 1.29 is 9.90 Å². The molecule has 0 spiro atoms. The van der Waals surface area contributed by atoms with Crippen molar-refractivity contribution in [3.05, 3.63) is 34.9 Å². The van der Waals surface area contributed by atoms with E-state index in [1.807, 2.05) is 25.1 Å². The Kier molecular flexibility index (Phi) is 3.23. The first-order chi connectivity index (χ1) is 9.61. The van der Waals surface area contributed by atoms with Crippen molar-refractivity contribution in [1.29, 1.82) is 5.26 Å². The summed E-state index contributed by atoms with van der Waals surface area (Å²) in [4.78, 5) is 14.3. The van der Waals surface area contributed by atoms with Crippen LogP contribution >= 0.6 is 0 Å². The third kappa shape index (κ3) is 1.99. The summed E-state index contributed by atoms with van der Waals surface area (Å²) in [5, 5.41) is 19.1. The summed E-state index contributed by atoms with van der Waals surface area (Å²) in [6.07, 6.45) is 2.72. The smallest absolute Gasteiger partial charge is 0.255 e. The van der Waals surface area contributed by atoms with Gasteiger partial charge in [0.15, 0.2) is 0 Å². The molecule has 1 N–H and O–H groups in total. The van der Waals surface area contributed by atoms with Crippen molar-refractivity contribution in [2.75, 3.05) is 0 Å². The Morgan fingerprint density at radius 2 is 2.00 bits per heavy atom. The van der Waals surface area contributed by atoms with Gasteiger partial charge in [-0.2, -0.15) is 5.26 Å². The summed E-state index contributed by atoms with van der Waals surface area (Å²) >= 11 is 0. The van der Waals surface area contributed by atoms with Crippen LogP contribution in [0.4, 0.5) is 0 Å². The van der Waals surface area contributed by atoms with E-state index in [2.05, 4.69) is 6.07 Å². The number of benzene rings is 1. The number of hydrogen-bond donors (Lipinski definition) is 1. The fourth-order valence-corrected chi connectivity index (χ4v) is 3.35. The maximum Gasteiger partial charge on any atom is 0.255 e. The molecule has 4 heteroatoms. The van der Waals surface area contributed by atoms with Gasteiger partial charge in [0.2, 0.25) is 0 Å². The molecular weight excluding hydrogens is 252 g/mol. The number of nitriles is 1. The molecule has 1 heterocycles. The van der Waals surface area contributed by atoms with Crippen molar-refractivity contribution in [2.24, 2.45) is 0 Å². The first-order valence-electron chi connectivity index (χ1n) is 7.12. The highest BCUT2D eigenvalue weighted by atomic mass is 16.3. The number of hydrogen-bond acceptors (Lipinski definition) is 3. The molecule has 0 saturated heterocycles. The second-order valence-corrected chi connectivity index (χ2v) is 5.80. The van der Waals surface area contributed by atoms with Crippen molar-refractivity contribution in [1.82, 2.24) is 4.90 Å². The average molecular weight is 270 g/mol. The molecule has 1 unspecified atom stereocenters. The average Bonchev–Trinajstić information content (AvgIpc) is 2.72. The molecule has 2 aliphatic rings. The molecule has 0 aromatic heterocycles. The SMILES string of the molecule is Cc1ccc2c(c1)C(C#N)N(C1CCC(O)CC1)C2=O. The standard InChI is InChI=1S/C16H18N2O2/c1-10-2-7-13-14(8-10)15(9-17)18(16(13)20)11-3-5-12(19)6-4-11/h2,7-8,11-12,15,19H,3-6H2,1H3. The molecule has 1 aromatic carbocycles. The molecule has 1 saturated carbocycles. The number of aliphatic hydroxyl groups excluding tert-OH is 1. The number of rotatable bonds is 1. The molecule has 1 aliphatic carbocycles. The van der Waals surface area contributed by atoms with Gasteiger partial charge in [-0.05, 0) is 38.7 Å². The second kappa shape index (κ2) is 4.92. The zero-order valence-electron chi connectivity index (χ0n) is 11.5. The Labute approximate surface area is 118 Å². The van der Waals surface area contributed by atoms with E-state index in [9.17, 15) is 15.2 Å². The predicted molar refractivity (Wildman–Crippen MR) is 74.0 cm³/mol. The first kappa shape index (κ1) is 13.1. The lowest BCUT2D eigenvalue weighted by Gasteiger charge is -2.34.